The van der Waals surface area contributed by atoms with Crippen LogP contribution in [0.25, 0.3) is 0 Å². The van der Waals surface area contributed by atoms with Gasteiger partial charge in [0.25, 0.3) is 0 Å². The first-order valence-corrected chi connectivity index (χ1v) is 9.22. The monoisotopic (exact) mass is 401 g/mol. The van der Waals surface area contributed by atoms with Crippen molar-refractivity contribution in [2.45, 2.75) is 25.6 Å². The van der Waals surface area contributed by atoms with E-state index in [1.807, 2.05) is 0 Å². The number of anilines is 1. The average Bonchev–Trinajstić information content (AvgIpc) is 2.96. The molecule has 1 aromatic carbocycles. The van der Waals surface area contributed by atoms with E-state index in [2.05, 4.69) is 15.8 Å². The number of benzene rings is 1. The maximum atomic E-state index is 12.0. The lowest BCUT2D eigenvalue weighted by Crippen LogP contribution is -2.28. The van der Waals surface area contributed by atoms with Crippen LogP contribution in [0.1, 0.15) is 18.2 Å². The van der Waals surface area contributed by atoms with E-state index in [0.29, 0.717) is 28.2 Å². The van der Waals surface area contributed by atoms with E-state index in [1.54, 1.807) is 38.1 Å². The molecule has 2 N–H and O–H groups in total. The zero-order valence-corrected chi connectivity index (χ0v) is 16.0. The number of hydrogen-bond acceptors (Lipinski definition) is 5. The van der Waals surface area contributed by atoms with Crippen LogP contribution >= 0.6 is 35.0 Å². The third-order valence-electron chi connectivity index (χ3n) is 3.20. The number of aromatic nitrogens is 1. The van der Waals surface area contributed by atoms with Crippen LogP contribution in [0.3, 0.4) is 0 Å². The lowest BCUT2D eigenvalue weighted by molar-refractivity contribution is -0.118. The number of rotatable bonds is 7. The van der Waals surface area contributed by atoms with Gasteiger partial charge < -0.3 is 15.2 Å². The van der Waals surface area contributed by atoms with Crippen LogP contribution in [-0.4, -0.2) is 28.0 Å². The lowest BCUT2D eigenvalue weighted by Gasteiger charge is -2.11. The summed E-state index contributed by atoms with van der Waals surface area (Å²) in [5.74, 6) is 0.685. The molecule has 0 saturated carbocycles. The first kappa shape index (κ1) is 19.6. The molecule has 0 fully saturated rings. The van der Waals surface area contributed by atoms with E-state index in [9.17, 15) is 9.59 Å². The Balaban J connectivity index is 1.74. The van der Waals surface area contributed by atoms with Gasteiger partial charge in [0.15, 0.2) is 5.82 Å². The van der Waals surface area contributed by atoms with E-state index in [0.717, 1.165) is 5.56 Å². The van der Waals surface area contributed by atoms with Gasteiger partial charge in [0.1, 0.15) is 5.76 Å². The number of thioether (sulfide) groups is 1. The highest BCUT2D eigenvalue weighted by atomic mass is 35.5. The standard InChI is InChI=1S/C16H17Cl2N3O3S/c1-9-5-14(21-24-9)20-16(23)10(2)25-8-15(22)19-7-11-3-4-12(17)6-13(11)18/h3-6,10H,7-8H2,1-2H3,(H,19,22)(H,20,21,23). The van der Waals surface area contributed by atoms with Crippen molar-refractivity contribution in [1.82, 2.24) is 10.5 Å². The van der Waals surface area contributed by atoms with Crippen molar-refractivity contribution in [2.24, 2.45) is 0 Å². The highest BCUT2D eigenvalue weighted by molar-refractivity contribution is 8.01. The highest BCUT2D eigenvalue weighted by Gasteiger charge is 2.16. The van der Waals surface area contributed by atoms with E-state index in [1.165, 1.54) is 11.8 Å². The molecule has 134 valence electrons. The topological polar surface area (TPSA) is 84.2 Å². The molecule has 0 spiro atoms. The molecule has 0 aliphatic rings. The average molecular weight is 402 g/mol. The summed E-state index contributed by atoms with van der Waals surface area (Å²) in [5, 5.41) is 9.71. The number of nitrogens with zero attached hydrogens (tertiary/aromatic N) is 1. The molecule has 6 nitrogen and oxygen atoms in total. The molecule has 0 aliphatic heterocycles. The lowest BCUT2D eigenvalue weighted by atomic mass is 10.2. The number of carbonyl (C=O) groups is 2. The van der Waals surface area contributed by atoms with Crippen LogP contribution in [0, 0.1) is 6.92 Å². The maximum Gasteiger partial charge on any atom is 0.238 e. The van der Waals surface area contributed by atoms with Crippen molar-refractivity contribution in [2.75, 3.05) is 11.1 Å². The van der Waals surface area contributed by atoms with E-state index in [-0.39, 0.29) is 17.6 Å². The largest absolute Gasteiger partial charge is 0.360 e. The Labute approximate surface area is 159 Å². The predicted molar refractivity (Wildman–Crippen MR) is 100 cm³/mol. The molecular weight excluding hydrogens is 385 g/mol. The summed E-state index contributed by atoms with van der Waals surface area (Å²) in [6, 6.07) is 6.71. The van der Waals surface area contributed by atoms with E-state index >= 15 is 0 Å². The van der Waals surface area contributed by atoms with E-state index < -0.39 is 5.25 Å². The summed E-state index contributed by atoms with van der Waals surface area (Å²) in [7, 11) is 0. The van der Waals surface area contributed by atoms with E-state index in [4.69, 9.17) is 27.7 Å². The van der Waals surface area contributed by atoms with Crippen molar-refractivity contribution < 1.29 is 14.1 Å². The van der Waals surface area contributed by atoms with Crippen molar-refractivity contribution in [3.8, 4) is 0 Å². The molecule has 2 aromatic rings. The van der Waals surface area contributed by atoms with Gasteiger partial charge in [-0.15, -0.1) is 11.8 Å². The van der Waals surface area contributed by atoms with Crippen molar-refractivity contribution in [3.05, 3.63) is 45.6 Å². The number of amides is 2. The third kappa shape index (κ3) is 6.26. The summed E-state index contributed by atoms with van der Waals surface area (Å²) in [6.45, 7) is 3.75. The Morgan fingerprint density at radius 3 is 2.72 bits per heavy atom. The smallest absolute Gasteiger partial charge is 0.238 e. The molecule has 0 radical (unpaired) electrons. The Morgan fingerprint density at radius 2 is 2.08 bits per heavy atom. The summed E-state index contributed by atoms with van der Waals surface area (Å²) < 4.78 is 4.88. The molecule has 0 aliphatic carbocycles. The number of carbonyl (C=O) groups excluding carboxylic acids is 2. The second-order valence-corrected chi connectivity index (χ2v) is 7.45. The third-order valence-corrected chi connectivity index (χ3v) is 4.93. The molecule has 9 heteroatoms. The molecule has 2 rings (SSSR count). The Hall–Kier alpha value is -1.70. The molecule has 0 saturated heterocycles. The van der Waals surface area contributed by atoms with Gasteiger partial charge in [0.05, 0.1) is 11.0 Å². The number of hydrogen-bond donors (Lipinski definition) is 2. The maximum absolute atomic E-state index is 12.0. The van der Waals surface area contributed by atoms with Crippen molar-refractivity contribution >= 4 is 52.6 Å². The predicted octanol–water partition coefficient (Wildman–Crippen LogP) is 3.67. The fourth-order valence-electron chi connectivity index (χ4n) is 1.84. The van der Waals surface area contributed by atoms with Gasteiger partial charge in [-0.05, 0) is 31.5 Å². The summed E-state index contributed by atoms with van der Waals surface area (Å²) in [4.78, 5) is 23.9. The number of aryl methyl sites for hydroxylation is 1. The highest BCUT2D eigenvalue weighted by Crippen LogP contribution is 2.21. The molecule has 1 unspecified atom stereocenters. The second-order valence-electron chi connectivity index (χ2n) is 5.28. The molecule has 1 atom stereocenters. The van der Waals surface area contributed by atoms with Gasteiger partial charge >= 0.3 is 0 Å². The minimum atomic E-state index is -0.415. The minimum Gasteiger partial charge on any atom is -0.360 e. The Kier molecular flexibility index (Phi) is 7.16. The zero-order valence-electron chi connectivity index (χ0n) is 13.6. The van der Waals surface area contributed by atoms with Crippen LogP contribution < -0.4 is 10.6 Å². The first-order chi connectivity index (χ1) is 11.8. The summed E-state index contributed by atoms with van der Waals surface area (Å²) in [6.07, 6.45) is 0. The fourth-order valence-corrected chi connectivity index (χ4v) is 3.03. The first-order valence-electron chi connectivity index (χ1n) is 7.41. The molecular formula is C16H17Cl2N3O3S. The Morgan fingerprint density at radius 1 is 1.32 bits per heavy atom. The van der Waals surface area contributed by atoms with Gasteiger partial charge in [-0.2, -0.15) is 0 Å². The molecule has 1 heterocycles. The normalized spacial score (nSPS) is 11.8. The van der Waals surface area contributed by atoms with Crippen LogP contribution in [0.5, 0.6) is 0 Å². The van der Waals surface area contributed by atoms with Gasteiger partial charge in [-0.1, -0.05) is 34.4 Å². The quantitative estimate of drug-likeness (QED) is 0.739. The number of halogens is 2. The summed E-state index contributed by atoms with van der Waals surface area (Å²) in [5.41, 5.74) is 0.775. The molecule has 2 amide bonds. The molecule has 0 bridgehead atoms. The van der Waals surface area contributed by atoms with Crippen LogP contribution in [0.15, 0.2) is 28.8 Å². The van der Waals surface area contributed by atoms with Crippen LogP contribution in [0.4, 0.5) is 5.82 Å². The fraction of sp³-hybridized carbons (Fsp3) is 0.312. The van der Waals surface area contributed by atoms with Crippen molar-refractivity contribution in [1.29, 1.82) is 0 Å². The van der Waals surface area contributed by atoms with Crippen LogP contribution in [0.2, 0.25) is 10.0 Å². The van der Waals surface area contributed by atoms with Crippen LogP contribution in [-0.2, 0) is 16.1 Å². The Bertz CT molecular complexity index is 767. The summed E-state index contributed by atoms with van der Waals surface area (Å²) >= 11 is 13.1. The molecule has 1 aromatic heterocycles. The zero-order chi connectivity index (χ0) is 18.4. The number of nitrogens with one attached hydrogen (secondary N) is 2. The minimum absolute atomic E-state index is 0.150. The second kappa shape index (κ2) is 9.12. The van der Waals surface area contributed by atoms with Gasteiger partial charge in [0, 0.05) is 22.7 Å². The van der Waals surface area contributed by atoms with Crippen molar-refractivity contribution in [3.63, 3.8) is 0 Å². The molecule has 25 heavy (non-hydrogen) atoms. The SMILES string of the molecule is Cc1cc(NC(=O)C(C)SCC(=O)NCc2ccc(Cl)cc2Cl)no1. The van der Waals surface area contributed by atoms with Gasteiger partial charge in [-0.25, -0.2) is 0 Å². The van der Waals surface area contributed by atoms with Gasteiger partial charge in [-0.3, -0.25) is 9.59 Å². The van der Waals surface area contributed by atoms with Gasteiger partial charge in [0.2, 0.25) is 11.8 Å².